The Morgan fingerprint density at radius 2 is 2.06 bits per heavy atom. The van der Waals surface area contributed by atoms with Crippen LogP contribution in [0.5, 0.6) is 0 Å². The molecule has 3 rings (SSSR count). The molecule has 0 spiro atoms. The third kappa shape index (κ3) is 1.77. The van der Waals surface area contributed by atoms with Crippen LogP contribution in [0.15, 0.2) is 6.07 Å². The van der Waals surface area contributed by atoms with Crippen molar-refractivity contribution in [1.29, 1.82) is 0 Å². The Balaban J connectivity index is 1.65. The maximum absolute atomic E-state index is 5.62. The summed E-state index contributed by atoms with van der Waals surface area (Å²) in [5.74, 6) is 2.35. The van der Waals surface area contributed by atoms with Crippen molar-refractivity contribution in [2.24, 2.45) is 11.3 Å². The molecule has 0 bridgehead atoms. The van der Waals surface area contributed by atoms with E-state index in [2.05, 4.69) is 15.3 Å². The average Bonchev–Trinajstić information content (AvgIpc) is 3.07. The Labute approximate surface area is 94.6 Å². The summed E-state index contributed by atoms with van der Waals surface area (Å²) in [7, 11) is 0. The summed E-state index contributed by atoms with van der Waals surface area (Å²) in [5.41, 5.74) is 11.7. The third-order valence-corrected chi connectivity index (χ3v) is 3.72. The van der Waals surface area contributed by atoms with Gasteiger partial charge in [0.15, 0.2) is 0 Å². The molecule has 5 heteroatoms. The third-order valence-electron chi connectivity index (χ3n) is 3.72. The monoisotopic (exact) mass is 219 g/mol. The van der Waals surface area contributed by atoms with Gasteiger partial charge in [-0.05, 0) is 37.0 Å². The average molecular weight is 219 g/mol. The Morgan fingerprint density at radius 3 is 2.62 bits per heavy atom. The number of aromatic nitrogens is 2. The summed E-state index contributed by atoms with van der Waals surface area (Å²) in [6, 6.07) is 1.74. The van der Waals surface area contributed by atoms with E-state index >= 15 is 0 Å². The molecular formula is C11H17N5. The van der Waals surface area contributed by atoms with Gasteiger partial charge in [-0.25, -0.2) is 0 Å². The zero-order valence-electron chi connectivity index (χ0n) is 9.24. The topological polar surface area (TPSA) is 89.8 Å². The van der Waals surface area contributed by atoms with Crippen LogP contribution in [-0.2, 0) is 0 Å². The van der Waals surface area contributed by atoms with Crippen molar-refractivity contribution < 1.29 is 0 Å². The largest absolute Gasteiger partial charge is 0.383 e. The van der Waals surface area contributed by atoms with Gasteiger partial charge in [0.25, 0.3) is 0 Å². The van der Waals surface area contributed by atoms with Gasteiger partial charge < -0.3 is 16.8 Å². The van der Waals surface area contributed by atoms with Gasteiger partial charge in [0.05, 0.1) is 0 Å². The number of anilines is 3. The van der Waals surface area contributed by atoms with Crippen molar-refractivity contribution in [2.45, 2.75) is 25.7 Å². The molecule has 86 valence electrons. The normalized spacial score (nSPS) is 21.8. The molecule has 0 aromatic carbocycles. The Hall–Kier alpha value is -1.52. The van der Waals surface area contributed by atoms with Gasteiger partial charge in [-0.15, -0.1) is 0 Å². The Morgan fingerprint density at radius 1 is 1.31 bits per heavy atom. The quantitative estimate of drug-likeness (QED) is 0.709. The maximum Gasteiger partial charge on any atom is 0.223 e. The lowest BCUT2D eigenvalue weighted by Gasteiger charge is -2.15. The van der Waals surface area contributed by atoms with E-state index in [4.69, 9.17) is 11.5 Å². The van der Waals surface area contributed by atoms with Crippen LogP contribution in [0, 0.1) is 11.3 Å². The first kappa shape index (κ1) is 9.69. The van der Waals surface area contributed by atoms with Crippen LogP contribution < -0.4 is 16.8 Å². The molecule has 1 aromatic heterocycles. The highest BCUT2D eigenvalue weighted by Crippen LogP contribution is 2.61. The molecule has 2 saturated carbocycles. The van der Waals surface area contributed by atoms with Crippen molar-refractivity contribution in [3.05, 3.63) is 6.07 Å². The number of hydrogen-bond donors (Lipinski definition) is 3. The van der Waals surface area contributed by atoms with E-state index in [-0.39, 0.29) is 5.95 Å². The highest BCUT2D eigenvalue weighted by molar-refractivity contribution is 5.48. The Bertz CT molecular complexity index is 389. The molecule has 1 heterocycles. The van der Waals surface area contributed by atoms with Crippen LogP contribution >= 0.6 is 0 Å². The van der Waals surface area contributed by atoms with Gasteiger partial charge in [-0.3, -0.25) is 0 Å². The molecule has 1 aromatic rings. The van der Waals surface area contributed by atoms with Gasteiger partial charge in [-0.1, -0.05) is 0 Å². The highest BCUT2D eigenvalue weighted by Gasteiger charge is 2.53. The van der Waals surface area contributed by atoms with Crippen LogP contribution in [-0.4, -0.2) is 16.5 Å². The summed E-state index contributed by atoms with van der Waals surface area (Å²) < 4.78 is 0. The number of rotatable bonds is 4. The molecule has 0 unspecified atom stereocenters. The number of nitrogens with two attached hydrogens (primary N) is 2. The first-order valence-electron chi connectivity index (χ1n) is 5.82. The van der Waals surface area contributed by atoms with E-state index in [0.29, 0.717) is 11.2 Å². The van der Waals surface area contributed by atoms with E-state index in [1.165, 1.54) is 25.7 Å². The minimum Gasteiger partial charge on any atom is -0.383 e. The lowest BCUT2D eigenvalue weighted by atomic mass is 10.0. The first-order valence-corrected chi connectivity index (χ1v) is 5.82. The molecule has 2 aliphatic carbocycles. The lowest BCUT2D eigenvalue weighted by molar-refractivity contribution is 0.466. The molecule has 0 saturated heterocycles. The summed E-state index contributed by atoms with van der Waals surface area (Å²) in [4.78, 5) is 7.97. The molecular weight excluding hydrogens is 202 g/mol. The lowest BCUT2D eigenvalue weighted by Crippen LogP contribution is -2.18. The zero-order chi connectivity index (χ0) is 11.2. The van der Waals surface area contributed by atoms with Crippen molar-refractivity contribution in [3.8, 4) is 0 Å². The van der Waals surface area contributed by atoms with Gasteiger partial charge in [0, 0.05) is 12.6 Å². The van der Waals surface area contributed by atoms with Gasteiger partial charge in [-0.2, -0.15) is 9.97 Å². The molecule has 2 fully saturated rings. The second-order valence-corrected chi connectivity index (χ2v) is 5.03. The van der Waals surface area contributed by atoms with E-state index in [1.54, 1.807) is 6.07 Å². The number of hydrogen-bond acceptors (Lipinski definition) is 5. The summed E-state index contributed by atoms with van der Waals surface area (Å²) in [6.07, 6.45) is 5.49. The smallest absolute Gasteiger partial charge is 0.223 e. The van der Waals surface area contributed by atoms with Crippen LogP contribution in [0.1, 0.15) is 25.7 Å². The van der Waals surface area contributed by atoms with E-state index < -0.39 is 0 Å². The molecule has 0 aliphatic heterocycles. The number of nitrogens with one attached hydrogen (secondary N) is 1. The van der Waals surface area contributed by atoms with E-state index in [9.17, 15) is 0 Å². The maximum atomic E-state index is 5.62. The molecule has 16 heavy (non-hydrogen) atoms. The van der Waals surface area contributed by atoms with Gasteiger partial charge in [0.1, 0.15) is 11.6 Å². The fraction of sp³-hybridized carbons (Fsp3) is 0.636. The highest BCUT2D eigenvalue weighted by atomic mass is 15.1. The van der Waals surface area contributed by atoms with Crippen molar-refractivity contribution in [3.63, 3.8) is 0 Å². The predicted molar refractivity (Wildman–Crippen MR) is 63.7 cm³/mol. The second-order valence-electron chi connectivity index (χ2n) is 5.03. The van der Waals surface area contributed by atoms with Crippen molar-refractivity contribution >= 4 is 17.6 Å². The minimum absolute atomic E-state index is 0.235. The van der Waals surface area contributed by atoms with Crippen molar-refractivity contribution in [1.82, 2.24) is 9.97 Å². The summed E-state index contributed by atoms with van der Waals surface area (Å²) in [5, 5.41) is 3.34. The summed E-state index contributed by atoms with van der Waals surface area (Å²) >= 11 is 0. The van der Waals surface area contributed by atoms with Gasteiger partial charge >= 0.3 is 0 Å². The number of nitrogen functional groups attached to an aromatic ring is 2. The standard InChI is InChI=1S/C11H17N5/c12-8-5-9(16-10(13)15-8)14-6-11(3-4-11)7-1-2-7/h5,7H,1-4,6H2,(H5,12,13,14,15,16). The Kier molecular flexibility index (Phi) is 1.96. The van der Waals surface area contributed by atoms with E-state index in [0.717, 1.165) is 18.3 Å². The molecule has 2 aliphatic rings. The van der Waals surface area contributed by atoms with Gasteiger partial charge in [0.2, 0.25) is 5.95 Å². The van der Waals surface area contributed by atoms with Crippen molar-refractivity contribution in [2.75, 3.05) is 23.3 Å². The molecule has 0 amide bonds. The zero-order valence-corrected chi connectivity index (χ0v) is 9.24. The first-order chi connectivity index (χ1) is 7.68. The minimum atomic E-state index is 0.235. The van der Waals surface area contributed by atoms with Crippen LogP contribution in [0.3, 0.4) is 0 Å². The SMILES string of the molecule is Nc1cc(NCC2(C3CC3)CC2)nc(N)n1. The predicted octanol–water partition coefficient (Wildman–Crippen LogP) is 1.24. The van der Waals surface area contributed by atoms with Crippen LogP contribution in [0.25, 0.3) is 0 Å². The second kappa shape index (κ2) is 3.23. The number of nitrogens with zero attached hydrogens (tertiary/aromatic N) is 2. The molecule has 5 N–H and O–H groups in total. The van der Waals surface area contributed by atoms with Crippen LogP contribution in [0.4, 0.5) is 17.6 Å². The summed E-state index contributed by atoms with van der Waals surface area (Å²) in [6.45, 7) is 0.994. The van der Waals surface area contributed by atoms with Crippen LogP contribution in [0.2, 0.25) is 0 Å². The van der Waals surface area contributed by atoms with E-state index in [1.807, 2.05) is 0 Å². The fourth-order valence-electron chi connectivity index (χ4n) is 2.43. The molecule has 5 nitrogen and oxygen atoms in total. The molecule has 0 radical (unpaired) electrons. The fourth-order valence-corrected chi connectivity index (χ4v) is 2.43. The molecule has 0 atom stereocenters.